The molecule has 84 valence electrons. The summed E-state index contributed by atoms with van der Waals surface area (Å²) in [5, 5.41) is 0. The highest BCUT2D eigenvalue weighted by atomic mass is 16.7. The molecular weight excluding hydrogens is 176 g/mol. The van der Waals surface area contributed by atoms with Crippen LogP contribution in [0.2, 0.25) is 0 Å². The monoisotopic (exact) mass is 200 g/mol. The maximum Gasteiger partial charge on any atom is 0.146 e. The third kappa shape index (κ3) is 5.61. The SMILES string of the molecule is CCCCOCOCC1CCCCC1. The van der Waals surface area contributed by atoms with Crippen LogP contribution in [-0.4, -0.2) is 20.0 Å². The van der Waals surface area contributed by atoms with Crippen molar-refractivity contribution < 1.29 is 9.47 Å². The van der Waals surface area contributed by atoms with E-state index in [4.69, 9.17) is 9.47 Å². The minimum Gasteiger partial charge on any atom is -0.355 e. The molecule has 0 aromatic carbocycles. The first-order valence-electron chi connectivity index (χ1n) is 6.09. The fraction of sp³-hybridized carbons (Fsp3) is 1.00. The molecule has 0 unspecified atom stereocenters. The molecule has 0 N–H and O–H groups in total. The molecule has 0 radical (unpaired) electrons. The average Bonchev–Trinajstić information content (AvgIpc) is 2.25. The molecule has 0 atom stereocenters. The zero-order chi connectivity index (χ0) is 10.1. The van der Waals surface area contributed by atoms with Gasteiger partial charge in [0, 0.05) is 6.61 Å². The van der Waals surface area contributed by atoms with Crippen LogP contribution in [0.15, 0.2) is 0 Å². The molecule has 0 saturated heterocycles. The molecule has 1 aliphatic carbocycles. The smallest absolute Gasteiger partial charge is 0.146 e. The quantitative estimate of drug-likeness (QED) is 0.463. The third-order valence-electron chi connectivity index (χ3n) is 2.89. The fourth-order valence-corrected chi connectivity index (χ4v) is 1.93. The predicted molar refractivity (Wildman–Crippen MR) is 58.3 cm³/mol. The Balaban J connectivity index is 1.82. The van der Waals surface area contributed by atoms with Crippen molar-refractivity contribution in [3.63, 3.8) is 0 Å². The van der Waals surface area contributed by atoms with Gasteiger partial charge in [0.25, 0.3) is 0 Å². The molecule has 1 rings (SSSR count). The maximum atomic E-state index is 5.50. The Labute approximate surface area is 88.0 Å². The van der Waals surface area contributed by atoms with Crippen molar-refractivity contribution in [3.05, 3.63) is 0 Å². The Morgan fingerprint density at radius 3 is 2.57 bits per heavy atom. The van der Waals surface area contributed by atoms with Gasteiger partial charge in [0.1, 0.15) is 6.79 Å². The Morgan fingerprint density at radius 2 is 1.86 bits per heavy atom. The summed E-state index contributed by atoms with van der Waals surface area (Å²) in [6, 6.07) is 0. The van der Waals surface area contributed by atoms with Crippen LogP contribution >= 0.6 is 0 Å². The van der Waals surface area contributed by atoms with Gasteiger partial charge in [0.15, 0.2) is 0 Å². The summed E-state index contributed by atoms with van der Waals surface area (Å²) in [5.74, 6) is 0.804. The molecule has 0 aliphatic heterocycles. The van der Waals surface area contributed by atoms with Crippen molar-refractivity contribution in [2.75, 3.05) is 20.0 Å². The number of unbranched alkanes of at least 4 members (excludes halogenated alkanes) is 1. The van der Waals surface area contributed by atoms with Crippen LogP contribution in [0.5, 0.6) is 0 Å². The maximum absolute atomic E-state index is 5.50. The van der Waals surface area contributed by atoms with Crippen LogP contribution in [0.3, 0.4) is 0 Å². The molecule has 14 heavy (non-hydrogen) atoms. The largest absolute Gasteiger partial charge is 0.355 e. The van der Waals surface area contributed by atoms with E-state index in [0.29, 0.717) is 6.79 Å². The van der Waals surface area contributed by atoms with Gasteiger partial charge in [0.2, 0.25) is 0 Å². The van der Waals surface area contributed by atoms with Gasteiger partial charge in [-0.15, -0.1) is 0 Å². The van der Waals surface area contributed by atoms with E-state index < -0.39 is 0 Å². The van der Waals surface area contributed by atoms with E-state index >= 15 is 0 Å². The van der Waals surface area contributed by atoms with Gasteiger partial charge in [-0.25, -0.2) is 0 Å². The van der Waals surface area contributed by atoms with E-state index in [1.165, 1.54) is 38.5 Å². The fourth-order valence-electron chi connectivity index (χ4n) is 1.93. The Morgan fingerprint density at radius 1 is 1.07 bits per heavy atom. The molecule has 2 nitrogen and oxygen atoms in total. The van der Waals surface area contributed by atoms with Crippen LogP contribution in [0, 0.1) is 5.92 Å². The van der Waals surface area contributed by atoms with Gasteiger partial charge < -0.3 is 9.47 Å². The summed E-state index contributed by atoms with van der Waals surface area (Å²) in [4.78, 5) is 0. The zero-order valence-electron chi connectivity index (χ0n) is 9.46. The van der Waals surface area contributed by atoms with E-state index in [0.717, 1.165) is 25.6 Å². The molecule has 0 amide bonds. The highest BCUT2D eigenvalue weighted by Gasteiger charge is 2.12. The summed E-state index contributed by atoms with van der Waals surface area (Å²) < 4.78 is 10.8. The standard InChI is InChI=1S/C12H24O2/c1-2-3-9-13-11-14-10-12-7-5-4-6-8-12/h12H,2-11H2,1H3. The number of ether oxygens (including phenoxy) is 2. The summed E-state index contributed by atoms with van der Waals surface area (Å²) >= 11 is 0. The highest BCUT2D eigenvalue weighted by molar-refractivity contribution is 4.64. The second-order valence-electron chi connectivity index (χ2n) is 4.25. The van der Waals surface area contributed by atoms with Gasteiger partial charge in [-0.05, 0) is 25.2 Å². The normalized spacial score (nSPS) is 18.6. The minimum absolute atomic E-state index is 0.497. The van der Waals surface area contributed by atoms with Crippen molar-refractivity contribution >= 4 is 0 Å². The lowest BCUT2D eigenvalue weighted by molar-refractivity contribution is -0.0679. The van der Waals surface area contributed by atoms with E-state index in [1.54, 1.807) is 0 Å². The molecule has 2 heteroatoms. The van der Waals surface area contributed by atoms with E-state index in [1.807, 2.05) is 0 Å². The van der Waals surface area contributed by atoms with Crippen molar-refractivity contribution in [1.29, 1.82) is 0 Å². The van der Waals surface area contributed by atoms with Gasteiger partial charge in [0.05, 0.1) is 6.61 Å². The molecule has 1 saturated carbocycles. The van der Waals surface area contributed by atoms with Crippen molar-refractivity contribution in [3.8, 4) is 0 Å². The van der Waals surface area contributed by atoms with Crippen LogP contribution < -0.4 is 0 Å². The average molecular weight is 200 g/mol. The van der Waals surface area contributed by atoms with Crippen molar-refractivity contribution in [1.82, 2.24) is 0 Å². The lowest BCUT2D eigenvalue weighted by Gasteiger charge is -2.21. The van der Waals surface area contributed by atoms with Crippen molar-refractivity contribution in [2.24, 2.45) is 5.92 Å². The summed E-state index contributed by atoms with van der Waals surface area (Å²) in [6.07, 6.45) is 9.26. The Hall–Kier alpha value is -0.0800. The van der Waals surface area contributed by atoms with Gasteiger partial charge in [-0.2, -0.15) is 0 Å². The van der Waals surface area contributed by atoms with Crippen LogP contribution in [0.25, 0.3) is 0 Å². The van der Waals surface area contributed by atoms with E-state index in [-0.39, 0.29) is 0 Å². The van der Waals surface area contributed by atoms with Gasteiger partial charge in [-0.1, -0.05) is 32.6 Å². The van der Waals surface area contributed by atoms with Crippen molar-refractivity contribution in [2.45, 2.75) is 51.9 Å². The lowest BCUT2D eigenvalue weighted by Crippen LogP contribution is -2.14. The summed E-state index contributed by atoms with van der Waals surface area (Å²) in [7, 11) is 0. The molecule has 0 heterocycles. The second-order valence-corrected chi connectivity index (χ2v) is 4.25. The number of hydrogen-bond acceptors (Lipinski definition) is 2. The topological polar surface area (TPSA) is 18.5 Å². The molecule has 0 aromatic heterocycles. The molecule has 0 spiro atoms. The molecule has 1 fully saturated rings. The van der Waals surface area contributed by atoms with Crippen LogP contribution in [-0.2, 0) is 9.47 Å². The molecule has 0 aromatic rings. The Kier molecular flexibility index (Phi) is 7.06. The van der Waals surface area contributed by atoms with Gasteiger partial charge in [-0.3, -0.25) is 0 Å². The second kappa shape index (κ2) is 8.25. The Bertz CT molecular complexity index is 119. The molecule has 1 aliphatic rings. The first-order valence-corrected chi connectivity index (χ1v) is 6.09. The van der Waals surface area contributed by atoms with Gasteiger partial charge >= 0.3 is 0 Å². The number of hydrogen-bond donors (Lipinski definition) is 0. The predicted octanol–water partition coefficient (Wildman–Crippen LogP) is 3.36. The lowest BCUT2D eigenvalue weighted by atomic mass is 9.90. The third-order valence-corrected chi connectivity index (χ3v) is 2.89. The summed E-state index contributed by atoms with van der Waals surface area (Å²) in [6.45, 7) is 4.43. The molecule has 0 bridgehead atoms. The van der Waals surface area contributed by atoms with Crippen LogP contribution in [0.4, 0.5) is 0 Å². The minimum atomic E-state index is 0.497. The van der Waals surface area contributed by atoms with Crippen LogP contribution in [0.1, 0.15) is 51.9 Å². The highest BCUT2D eigenvalue weighted by Crippen LogP contribution is 2.23. The number of rotatable bonds is 7. The first kappa shape index (κ1) is 12.0. The summed E-state index contributed by atoms with van der Waals surface area (Å²) in [5.41, 5.74) is 0. The molecular formula is C12H24O2. The first-order chi connectivity index (χ1) is 6.93. The zero-order valence-corrected chi connectivity index (χ0v) is 9.46. The van der Waals surface area contributed by atoms with E-state index in [9.17, 15) is 0 Å². The van der Waals surface area contributed by atoms with E-state index in [2.05, 4.69) is 6.92 Å².